The third-order valence-electron chi connectivity index (χ3n) is 2.90. The zero-order valence-electron chi connectivity index (χ0n) is 12.2. The molecule has 0 bridgehead atoms. The number of carbonyl (C=O) groups is 1. The molecule has 0 heterocycles. The SMILES string of the molecule is CCOC(=O)C(N)CCOc1ccc(CC)cc1[N+](=O)[O-]. The molecular formula is C14H20N2O5. The van der Waals surface area contributed by atoms with Gasteiger partial charge < -0.3 is 15.2 Å². The molecule has 0 spiro atoms. The molecule has 0 fully saturated rings. The summed E-state index contributed by atoms with van der Waals surface area (Å²) in [6.45, 7) is 3.97. The van der Waals surface area contributed by atoms with Crippen molar-refractivity contribution >= 4 is 11.7 Å². The van der Waals surface area contributed by atoms with E-state index in [0.29, 0.717) is 6.42 Å². The van der Waals surface area contributed by atoms with Gasteiger partial charge in [-0.15, -0.1) is 0 Å². The molecule has 0 aliphatic heterocycles. The van der Waals surface area contributed by atoms with E-state index in [1.807, 2.05) is 6.92 Å². The van der Waals surface area contributed by atoms with Crippen molar-refractivity contribution in [3.05, 3.63) is 33.9 Å². The van der Waals surface area contributed by atoms with Gasteiger partial charge in [0.2, 0.25) is 0 Å². The van der Waals surface area contributed by atoms with E-state index in [2.05, 4.69) is 0 Å². The van der Waals surface area contributed by atoms with Crippen LogP contribution in [0.2, 0.25) is 0 Å². The zero-order chi connectivity index (χ0) is 15.8. The van der Waals surface area contributed by atoms with Crippen LogP contribution in [0, 0.1) is 10.1 Å². The Morgan fingerprint density at radius 3 is 2.71 bits per heavy atom. The van der Waals surface area contributed by atoms with E-state index in [4.69, 9.17) is 15.2 Å². The zero-order valence-corrected chi connectivity index (χ0v) is 12.2. The van der Waals surface area contributed by atoms with Gasteiger partial charge in [-0.3, -0.25) is 14.9 Å². The third kappa shape index (κ3) is 5.03. The molecule has 1 unspecified atom stereocenters. The Bertz CT molecular complexity index is 504. The number of nitro benzene ring substituents is 1. The van der Waals surface area contributed by atoms with E-state index in [1.165, 1.54) is 6.07 Å². The van der Waals surface area contributed by atoms with Crippen molar-refractivity contribution in [1.29, 1.82) is 0 Å². The van der Waals surface area contributed by atoms with E-state index in [9.17, 15) is 14.9 Å². The summed E-state index contributed by atoms with van der Waals surface area (Å²) in [5, 5.41) is 11.0. The molecule has 0 saturated heterocycles. The number of nitrogens with two attached hydrogens (primary N) is 1. The summed E-state index contributed by atoms with van der Waals surface area (Å²) in [5.74, 6) is -0.329. The fraction of sp³-hybridized carbons (Fsp3) is 0.500. The Morgan fingerprint density at radius 1 is 1.43 bits per heavy atom. The van der Waals surface area contributed by atoms with Gasteiger partial charge in [-0.1, -0.05) is 13.0 Å². The van der Waals surface area contributed by atoms with Crippen molar-refractivity contribution in [3.8, 4) is 5.75 Å². The molecular weight excluding hydrogens is 276 g/mol. The van der Waals surface area contributed by atoms with Crippen LogP contribution in [0.1, 0.15) is 25.8 Å². The number of hydrogen-bond acceptors (Lipinski definition) is 6. The predicted molar refractivity (Wildman–Crippen MR) is 77.2 cm³/mol. The normalized spacial score (nSPS) is 11.8. The highest BCUT2D eigenvalue weighted by molar-refractivity contribution is 5.75. The van der Waals surface area contributed by atoms with Gasteiger partial charge in [0.05, 0.1) is 18.1 Å². The maximum atomic E-state index is 11.3. The van der Waals surface area contributed by atoms with Crippen molar-refractivity contribution < 1.29 is 19.2 Å². The molecule has 0 radical (unpaired) electrons. The minimum absolute atomic E-state index is 0.0842. The Labute approximate surface area is 123 Å². The molecule has 2 N–H and O–H groups in total. The van der Waals surface area contributed by atoms with E-state index < -0.39 is 16.9 Å². The lowest BCUT2D eigenvalue weighted by Crippen LogP contribution is -2.33. The lowest BCUT2D eigenvalue weighted by Gasteiger charge is -2.12. The van der Waals surface area contributed by atoms with E-state index in [0.717, 1.165) is 5.56 Å². The van der Waals surface area contributed by atoms with Gasteiger partial charge in [-0.05, 0) is 25.0 Å². The third-order valence-corrected chi connectivity index (χ3v) is 2.90. The van der Waals surface area contributed by atoms with Crippen LogP contribution >= 0.6 is 0 Å². The molecule has 7 nitrogen and oxygen atoms in total. The standard InChI is InChI=1S/C14H20N2O5/c1-3-10-5-6-13(12(9-10)16(18)19)21-8-7-11(15)14(17)20-4-2/h5-6,9,11H,3-4,7-8,15H2,1-2H3. The fourth-order valence-electron chi connectivity index (χ4n) is 1.71. The minimum atomic E-state index is -0.793. The van der Waals surface area contributed by atoms with Crippen LogP contribution in [0.5, 0.6) is 5.75 Å². The van der Waals surface area contributed by atoms with Crippen LogP contribution in [0.3, 0.4) is 0 Å². The molecule has 1 aromatic rings. The number of ether oxygens (including phenoxy) is 2. The highest BCUT2D eigenvalue weighted by Crippen LogP contribution is 2.28. The fourth-order valence-corrected chi connectivity index (χ4v) is 1.71. The van der Waals surface area contributed by atoms with Crippen LogP contribution in [0.25, 0.3) is 0 Å². The smallest absolute Gasteiger partial charge is 0.323 e. The van der Waals surface area contributed by atoms with Crippen LogP contribution in [0.15, 0.2) is 18.2 Å². The average Bonchev–Trinajstić information content (AvgIpc) is 2.47. The average molecular weight is 296 g/mol. The minimum Gasteiger partial charge on any atom is -0.487 e. The van der Waals surface area contributed by atoms with Gasteiger partial charge in [0.25, 0.3) is 0 Å². The van der Waals surface area contributed by atoms with Crippen LogP contribution in [0.4, 0.5) is 5.69 Å². The van der Waals surface area contributed by atoms with Gasteiger partial charge >= 0.3 is 11.7 Å². The molecule has 0 aliphatic rings. The first-order valence-corrected chi connectivity index (χ1v) is 6.81. The van der Waals surface area contributed by atoms with Crippen molar-refractivity contribution in [1.82, 2.24) is 0 Å². The summed E-state index contributed by atoms with van der Waals surface area (Å²) in [6.07, 6.45) is 0.931. The Balaban J connectivity index is 2.63. The summed E-state index contributed by atoms with van der Waals surface area (Å²) in [5.41, 5.74) is 6.40. The van der Waals surface area contributed by atoms with Crippen molar-refractivity contribution in [3.63, 3.8) is 0 Å². The van der Waals surface area contributed by atoms with Crippen molar-refractivity contribution in [2.75, 3.05) is 13.2 Å². The number of benzene rings is 1. The number of nitrogens with zero attached hydrogens (tertiary/aromatic N) is 1. The van der Waals surface area contributed by atoms with Gasteiger partial charge in [0.1, 0.15) is 6.04 Å². The topological polar surface area (TPSA) is 105 Å². The highest BCUT2D eigenvalue weighted by Gasteiger charge is 2.18. The van der Waals surface area contributed by atoms with Crippen LogP contribution < -0.4 is 10.5 Å². The second kappa shape index (κ2) is 8.21. The van der Waals surface area contributed by atoms with E-state index in [-0.39, 0.29) is 31.1 Å². The van der Waals surface area contributed by atoms with Crippen molar-refractivity contribution in [2.24, 2.45) is 5.73 Å². The predicted octanol–water partition coefficient (Wildman–Crippen LogP) is 1.82. The molecule has 116 valence electrons. The second-order valence-corrected chi connectivity index (χ2v) is 4.41. The van der Waals surface area contributed by atoms with E-state index >= 15 is 0 Å². The van der Waals surface area contributed by atoms with Gasteiger partial charge in [0, 0.05) is 12.5 Å². The number of esters is 1. The largest absolute Gasteiger partial charge is 0.487 e. The maximum Gasteiger partial charge on any atom is 0.323 e. The number of rotatable bonds is 8. The van der Waals surface area contributed by atoms with E-state index in [1.54, 1.807) is 19.1 Å². The molecule has 1 aromatic carbocycles. The van der Waals surface area contributed by atoms with Gasteiger partial charge in [-0.2, -0.15) is 0 Å². The maximum absolute atomic E-state index is 11.3. The Hall–Kier alpha value is -2.15. The molecule has 1 rings (SSSR count). The number of aryl methyl sites for hydroxylation is 1. The molecule has 0 aromatic heterocycles. The summed E-state index contributed by atoms with van der Waals surface area (Å²) < 4.78 is 10.1. The first kappa shape index (κ1) is 16.9. The molecule has 0 amide bonds. The molecule has 21 heavy (non-hydrogen) atoms. The van der Waals surface area contributed by atoms with Crippen LogP contribution in [-0.2, 0) is 16.0 Å². The number of carbonyl (C=O) groups excluding carboxylic acids is 1. The summed E-state index contributed by atoms with van der Waals surface area (Å²) >= 11 is 0. The van der Waals surface area contributed by atoms with Gasteiger partial charge in [-0.25, -0.2) is 0 Å². The van der Waals surface area contributed by atoms with Crippen molar-refractivity contribution in [2.45, 2.75) is 32.7 Å². The highest BCUT2D eigenvalue weighted by atomic mass is 16.6. The van der Waals surface area contributed by atoms with Crippen LogP contribution in [-0.4, -0.2) is 30.1 Å². The lowest BCUT2D eigenvalue weighted by molar-refractivity contribution is -0.385. The second-order valence-electron chi connectivity index (χ2n) is 4.41. The quantitative estimate of drug-likeness (QED) is 0.445. The molecule has 7 heteroatoms. The molecule has 1 atom stereocenters. The Kier molecular flexibility index (Phi) is 6.61. The monoisotopic (exact) mass is 296 g/mol. The molecule has 0 saturated carbocycles. The first-order valence-electron chi connectivity index (χ1n) is 6.81. The first-order chi connectivity index (χ1) is 9.99. The summed E-state index contributed by atoms with van der Waals surface area (Å²) in [6, 6.07) is 4.03. The Morgan fingerprint density at radius 2 is 2.14 bits per heavy atom. The number of nitro groups is 1. The lowest BCUT2D eigenvalue weighted by atomic mass is 10.1. The summed E-state index contributed by atoms with van der Waals surface area (Å²) in [4.78, 5) is 21.9. The number of hydrogen-bond donors (Lipinski definition) is 1. The van der Waals surface area contributed by atoms with Gasteiger partial charge in [0.15, 0.2) is 5.75 Å². The summed E-state index contributed by atoms with van der Waals surface area (Å²) in [7, 11) is 0. The molecule has 0 aliphatic carbocycles.